The molecule has 128 valence electrons. The van der Waals surface area contributed by atoms with Gasteiger partial charge in [-0.05, 0) is 19.3 Å². The molecule has 0 saturated heterocycles. The number of hydrogen-bond donors (Lipinski definition) is 2. The van der Waals surface area contributed by atoms with Gasteiger partial charge in [0.25, 0.3) is 0 Å². The van der Waals surface area contributed by atoms with Crippen molar-refractivity contribution in [2.24, 2.45) is 0 Å². The van der Waals surface area contributed by atoms with Gasteiger partial charge in [0, 0.05) is 12.6 Å². The zero-order valence-corrected chi connectivity index (χ0v) is 14.3. The zero-order valence-electron chi connectivity index (χ0n) is 14.3. The first kappa shape index (κ1) is 19.0. The molecule has 0 bridgehead atoms. The van der Waals surface area contributed by atoms with Gasteiger partial charge in [-0.25, -0.2) is 0 Å². The second-order valence-electron chi connectivity index (χ2n) is 6.54. The fourth-order valence-corrected chi connectivity index (χ4v) is 3.04. The molecule has 1 aliphatic carbocycles. The summed E-state index contributed by atoms with van der Waals surface area (Å²) in [6.45, 7) is 2.85. The Labute approximate surface area is 135 Å². The van der Waals surface area contributed by atoms with Crippen LogP contribution < -0.4 is 10.6 Å². The quantitative estimate of drug-likeness (QED) is 0.477. The molecule has 0 heterocycles. The molecule has 4 heteroatoms. The largest absolute Gasteiger partial charge is 0.348 e. The van der Waals surface area contributed by atoms with Crippen molar-refractivity contribution >= 4 is 11.8 Å². The van der Waals surface area contributed by atoms with Gasteiger partial charge < -0.3 is 10.6 Å². The van der Waals surface area contributed by atoms with Gasteiger partial charge in [-0.15, -0.1) is 0 Å². The molecule has 22 heavy (non-hydrogen) atoms. The minimum atomic E-state index is -0.464. The summed E-state index contributed by atoms with van der Waals surface area (Å²) in [6, 6.07) is 0.204. The number of nitrogens with one attached hydrogen (secondary N) is 2. The van der Waals surface area contributed by atoms with Gasteiger partial charge in [0.15, 0.2) is 0 Å². The van der Waals surface area contributed by atoms with Crippen molar-refractivity contribution in [2.45, 2.75) is 96.4 Å². The third kappa shape index (κ3) is 9.06. The molecule has 1 rings (SSSR count). The molecule has 0 aromatic carbocycles. The summed E-state index contributed by atoms with van der Waals surface area (Å²) in [4.78, 5) is 23.5. The van der Waals surface area contributed by atoms with Gasteiger partial charge in [-0.2, -0.15) is 0 Å². The Morgan fingerprint density at radius 3 is 2.05 bits per heavy atom. The lowest BCUT2D eigenvalue weighted by Crippen LogP contribution is -2.45. The van der Waals surface area contributed by atoms with Gasteiger partial charge in [0.2, 0.25) is 0 Å². The highest BCUT2D eigenvalue weighted by Gasteiger charge is 2.19. The smallest absolute Gasteiger partial charge is 0.309 e. The Hall–Kier alpha value is -1.06. The van der Waals surface area contributed by atoms with Crippen molar-refractivity contribution in [1.29, 1.82) is 0 Å². The number of carbonyl (C=O) groups excluding carboxylic acids is 2. The highest BCUT2D eigenvalue weighted by atomic mass is 16.2. The van der Waals surface area contributed by atoms with Crippen LogP contribution in [0.4, 0.5) is 0 Å². The first-order valence-corrected chi connectivity index (χ1v) is 9.32. The Morgan fingerprint density at radius 2 is 1.41 bits per heavy atom. The maximum Gasteiger partial charge on any atom is 0.309 e. The molecular formula is C18H34N2O2. The Kier molecular flexibility index (Phi) is 10.8. The molecule has 1 aliphatic rings. The summed E-state index contributed by atoms with van der Waals surface area (Å²) >= 11 is 0. The van der Waals surface area contributed by atoms with E-state index in [1.54, 1.807) is 0 Å². The minimum absolute atomic E-state index is 0.204. The van der Waals surface area contributed by atoms with E-state index in [1.165, 1.54) is 44.9 Å². The first-order chi connectivity index (χ1) is 10.7. The van der Waals surface area contributed by atoms with Crippen LogP contribution in [-0.2, 0) is 9.59 Å². The van der Waals surface area contributed by atoms with Gasteiger partial charge in [0.05, 0.1) is 0 Å². The van der Waals surface area contributed by atoms with Crippen molar-refractivity contribution in [3.8, 4) is 0 Å². The van der Waals surface area contributed by atoms with Crippen LogP contribution in [0, 0.1) is 0 Å². The van der Waals surface area contributed by atoms with Crippen molar-refractivity contribution < 1.29 is 9.59 Å². The van der Waals surface area contributed by atoms with Gasteiger partial charge in [0.1, 0.15) is 0 Å². The molecular weight excluding hydrogens is 276 g/mol. The van der Waals surface area contributed by atoms with Gasteiger partial charge in [-0.3, -0.25) is 9.59 Å². The summed E-state index contributed by atoms with van der Waals surface area (Å²) in [5.41, 5.74) is 0. The maximum atomic E-state index is 11.8. The van der Waals surface area contributed by atoms with Gasteiger partial charge in [-0.1, -0.05) is 71.1 Å². The third-order valence-electron chi connectivity index (χ3n) is 4.46. The SMILES string of the molecule is CCCCCCCCCCNC(=O)C(=O)NC1CCCCC1. The molecule has 4 nitrogen and oxygen atoms in total. The standard InChI is InChI=1S/C18H34N2O2/c1-2-3-4-5-6-7-8-12-15-19-17(21)18(22)20-16-13-10-9-11-14-16/h16H,2-15H2,1H3,(H,19,21)(H,20,22). The number of rotatable bonds is 10. The molecule has 0 atom stereocenters. The summed E-state index contributed by atoms with van der Waals surface area (Å²) < 4.78 is 0. The fourth-order valence-electron chi connectivity index (χ4n) is 3.04. The Balaban J connectivity index is 1.94. The van der Waals surface area contributed by atoms with E-state index in [2.05, 4.69) is 17.6 Å². The van der Waals surface area contributed by atoms with Crippen molar-refractivity contribution in [3.05, 3.63) is 0 Å². The first-order valence-electron chi connectivity index (χ1n) is 9.32. The van der Waals surface area contributed by atoms with E-state index in [0.717, 1.165) is 38.5 Å². The van der Waals surface area contributed by atoms with E-state index in [-0.39, 0.29) is 6.04 Å². The molecule has 0 unspecified atom stereocenters. The Morgan fingerprint density at radius 1 is 0.818 bits per heavy atom. The predicted molar refractivity (Wildman–Crippen MR) is 90.6 cm³/mol. The summed E-state index contributed by atoms with van der Waals surface area (Å²) in [6.07, 6.45) is 15.5. The molecule has 0 aliphatic heterocycles. The van der Waals surface area contributed by atoms with Crippen LogP contribution in [0.5, 0.6) is 0 Å². The van der Waals surface area contributed by atoms with E-state index in [4.69, 9.17) is 0 Å². The zero-order chi connectivity index (χ0) is 16.0. The maximum absolute atomic E-state index is 11.8. The van der Waals surface area contributed by atoms with E-state index in [1.807, 2.05) is 0 Å². The summed E-state index contributed by atoms with van der Waals surface area (Å²) in [7, 11) is 0. The molecule has 1 fully saturated rings. The minimum Gasteiger partial charge on any atom is -0.348 e. The lowest BCUT2D eigenvalue weighted by atomic mass is 9.95. The molecule has 2 amide bonds. The second-order valence-corrected chi connectivity index (χ2v) is 6.54. The monoisotopic (exact) mass is 310 g/mol. The van der Waals surface area contributed by atoms with Crippen LogP contribution in [0.1, 0.15) is 90.4 Å². The topological polar surface area (TPSA) is 58.2 Å². The van der Waals surface area contributed by atoms with Crippen LogP contribution in [0.15, 0.2) is 0 Å². The average Bonchev–Trinajstić information content (AvgIpc) is 2.54. The highest BCUT2D eigenvalue weighted by molar-refractivity contribution is 6.35. The van der Waals surface area contributed by atoms with E-state index >= 15 is 0 Å². The summed E-state index contributed by atoms with van der Waals surface area (Å²) in [5, 5.41) is 5.58. The van der Waals surface area contributed by atoms with Crippen LogP contribution >= 0.6 is 0 Å². The van der Waals surface area contributed by atoms with Crippen LogP contribution in [0.25, 0.3) is 0 Å². The molecule has 1 saturated carbocycles. The molecule has 0 aromatic rings. The molecule has 0 spiro atoms. The molecule has 0 radical (unpaired) electrons. The van der Waals surface area contributed by atoms with E-state index < -0.39 is 11.8 Å². The molecule has 0 aromatic heterocycles. The number of carbonyl (C=O) groups is 2. The average molecular weight is 310 g/mol. The lowest BCUT2D eigenvalue weighted by molar-refractivity contribution is -0.139. The number of hydrogen-bond acceptors (Lipinski definition) is 2. The van der Waals surface area contributed by atoms with Crippen molar-refractivity contribution in [3.63, 3.8) is 0 Å². The number of unbranched alkanes of at least 4 members (excludes halogenated alkanes) is 7. The fraction of sp³-hybridized carbons (Fsp3) is 0.889. The van der Waals surface area contributed by atoms with E-state index in [0.29, 0.717) is 6.54 Å². The second kappa shape index (κ2) is 12.5. The number of amides is 2. The normalized spacial score (nSPS) is 15.5. The lowest BCUT2D eigenvalue weighted by Gasteiger charge is -2.22. The molecule has 2 N–H and O–H groups in total. The van der Waals surface area contributed by atoms with Crippen molar-refractivity contribution in [2.75, 3.05) is 6.54 Å². The van der Waals surface area contributed by atoms with Crippen LogP contribution in [-0.4, -0.2) is 24.4 Å². The third-order valence-corrected chi connectivity index (χ3v) is 4.46. The predicted octanol–water partition coefficient (Wildman–Crippen LogP) is 3.69. The summed E-state index contributed by atoms with van der Waals surface area (Å²) in [5.74, 6) is -0.917. The van der Waals surface area contributed by atoms with Crippen LogP contribution in [0.3, 0.4) is 0 Å². The van der Waals surface area contributed by atoms with Crippen LogP contribution in [0.2, 0.25) is 0 Å². The van der Waals surface area contributed by atoms with Crippen molar-refractivity contribution in [1.82, 2.24) is 10.6 Å². The van der Waals surface area contributed by atoms with Gasteiger partial charge >= 0.3 is 11.8 Å². The Bertz CT molecular complexity index is 312. The highest BCUT2D eigenvalue weighted by Crippen LogP contribution is 2.17. The van der Waals surface area contributed by atoms with E-state index in [9.17, 15) is 9.59 Å².